The Morgan fingerprint density at radius 2 is 1.74 bits per heavy atom. The van der Waals surface area contributed by atoms with E-state index in [4.69, 9.17) is 0 Å². The van der Waals surface area contributed by atoms with Crippen LogP contribution in [-0.4, -0.2) is 60.3 Å². The number of carbonyl (C=O) groups excluding carboxylic acids is 1. The Labute approximate surface area is 160 Å². The fraction of sp³-hybridized carbons (Fsp3) is 0.579. The zero-order valence-corrected chi connectivity index (χ0v) is 16.3. The number of aliphatic carboxylic acids is 1. The van der Waals surface area contributed by atoms with Crippen molar-refractivity contribution in [3.63, 3.8) is 0 Å². The van der Waals surface area contributed by atoms with Crippen molar-refractivity contribution in [2.75, 3.05) is 19.6 Å². The van der Waals surface area contributed by atoms with E-state index in [0.717, 1.165) is 25.7 Å². The maximum absolute atomic E-state index is 12.8. The van der Waals surface area contributed by atoms with Crippen molar-refractivity contribution in [1.29, 1.82) is 0 Å². The molecule has 1 aromatic rings. The zero-order valence-electron chi connectivity index (χ0n) is 15.5. The predicted octanol–water partition coefficient (Wildman–Crippen LogP) is 2.19. The van der Waals surface area contributed by atoms with Crippen LogP contribution >= 0.6 is 0 Å². The van der Waals surface area contributed by atoms with Gasteiger partial charge in [-0.05, 0) is 62.3 Å². The molecule has 2 fully saturated rings. The van der Waals surface area contributed by atoms with Crippen molar-refractivity contribution < 1.29 is 23.1 Å². The van der Waals surface area contributed by atoms with Gasteiger partial charge in [-0.2, -0.15) is 4.31 Å². The highest BCUT2D eigenvalue weighted by molar-refractivity contribution is 7.89. The summed E-state index contributed by atoms with van der Waals surface area (Å²) in [6.07, 6.45) is 3.88. The number of piperidine rings is 2. The lowest BCUT2D eigenvalue weighted by Gasteiger charge is -2.33. The zero-order chi connectivity index (χ0) is 19.6. The Kier molecular flexibility index (Phi) is 5.86. The minimum Gasteiger partial charge on any atom is -0.480 e. The second-order valence-corrected chi connectivity index (χ2v) is 9.42. The molecular weight excluding hydrogens is 368 g/mol. The van der Waals surface area contributed by atoms with Crippen LogP contribution in [0.15, 0.2) is 29.2 Å². The van der Waals surface area contributed by atoms with E-state index in [0.29, 0.717) is 37.5 Å². The highest BCUT2D eigenvalue weighted by Gasteiger charge is 2.33. The molecule has 1 N–H and O–H groups in total. The molecule has 8 heteroatoms. The molecule has 1 aromatic carbocycles. The summed E-state index contributed by atoms with van der Waals surface area (Å²) in [4.78, 5) is 25.7. The number of carbonyl (C=O) groups is 2. The molecule has 7 nitrogen and oxygen atoms in total. The van der Waals surface area contributed by atoms with Gasteiger partial charge in [0.05, 0.1) is 4.90 Å². The van der Waals surface area contributed by atoms with Crippen molar-refractivity contribution >= 4 is 21.9 Å². The van der Waals surface area contributed by atoms with E-state index >= 15 is 0 Å². The maximum atomic E-state index is 12.8. The molecule has 2 heterocycles. The quantitative estimate of drug-likeness (QED) is 0.845. The Bertz CT molecular complexity index is 806. The lowest BCUT2D eigenvalue weighted by atomic mass is 10.0. The molecule has 0 radical (unpaired) electrons. The number of hydrogen-bond acceptors (Lipinski definition) is 4. The number of carboxylic acids is 1. The molecule has 2 aliphatic rings. The van der Waals surface area contributed by atoms with E-state index < -0.39 is 22.0 Å². The first-order valence-electron chi connectivity index (χ1n) is 9.44. The third kappa shape index (κ3) is 4.16. The number of likely N-dealkylation sites (tertiary alicyclic amines) is 1. The molecule has 27 heavy (non-hydrogen) atoms. The van der Waals surface area contributed by atoms with Crippen LogP contribution in [-0.2, 0) is 14.8 Å². The van der Waals surface area contributed by atoms with Gasteiger partial charge in [0.15, 0.2) is 0 Å². The number of rotatable bonds is 4. The van der Waals surface area contributed by atoms with E-state index in [1.165, 1.54) is 33.5 Å². The fourth-order valence-corrected chi connectivity index (χ4v) is 5.48. The summed E-state index contributed by atoms with van der Waals surface area (Å²) in [5.74, 6) is -1.03. The molecule has 0 saturated carbocycles. The first-order valence-corrected chi connectivity index (χ1v) is 10.9. The summed E-state index contributed by atoms with van der Waals surface area (Å²) in [5.41, 5.74) is 0.314. The Hall–Kier alpha value is -1.93. The molecule has 2 unspecified atom stereocenters. The molecule has 2 atom stereocenters. The van der Waals surface area contributed by atoms with Crippen molar-refractivity contribution in [3.8, 4) is 0 Å². The van der Waals surface area contributed by atoms with Crippen LogP contribution in [0.1, 0.15) is 49.4 Å². The van der Waals surface area contributed by atoms with Crippen LogP contribution in [0.2, 0.25) is 0 Å². The molecule has 2 aliphatic heterocycles. The van der Waals surface area contributed by atoms with Crippen molar-refractivity contribution in [2.45, 2.75) is 50.0 Å². The Morgan fingerprint density at radius 3 is 2.37 bits per heavy atom. The molecular formula is C19H26N2O5S. The van der Waals surface area contributed by atoms with Gasteiger partial charge in [-0.15, -0.1) is 0 Å². The van der Waals surface area contributed by atoms with Gasteiger partial charge in [0.2, 0.25) is 10.0 Å². The number of benzene rings is 1. The second kappa shape index (κ2) is 7.98. The molecule has 0 spiro atoms. The van der Waals surface area contributed by atoms with Crippen molar-refractivity contribution in [1.82, 2.24) is 9.21 Å². The Balaban J connectivity index is 1.78. The average Bonchev–Trinajstić information content (AvgIpc) is 2.67. The highest BCUT2D eigenvalue weighted by Crippen LogP contribution is 2.25. The first kappa shape index (κ1) is 19.8. The maximum Gasteiger partial charge on any atom is 0.326 e. The monoisotopic (exact) mass is 394 g/mol. The predicted molar refractivity (Wildman–Crippen MR) is 99.9 cm³/mol. The van der Waals surface area contributed by atoms with Crippen LogP contribution in [0.25, 0.3) is 0 Å². The van der Waals surface area contributed by atoms with Crippen LogP contribution in [0.3, 0.4) is 0 Å². The molecule has 3 rings (SSSR count). The van der Waals surface area contributed by atoms with E-state index in [9.17, 15) is 23.1 Å². The number of sulfonamides is 1. The van der Waals surface area contributed by atoms with Crippen LogP contribution in [0.4, 0.5) is 0 Å². The molecule has 1 amide bonds. The van der Waals surface area contributed by atoms with Gasteiger partial charge in [-0.3, -0.25) is 4.79 Å². The number of amides is 1. The summed E-state index contributed by atoms with van der Waals surface area (Å²) < 4.78 is 27.1. The second-order valence-electron chi connectivity index (χ2n) is 7.48. The number of nitrogens with zero attached hydrogens (tertiary/aromatic N) is 2. The lowest BCUT2D eigenvalue weighted by molar-refractivity contribution is -0.143. The highest BCUT2D eigenvalue weighted by atomic mass is 32.2. The first-order chi connectivity index (χ1) is 12.8. The molecule has 0 aliphatic carbocycles. The lowest BCUT2D eigenvalue weighted by Crippen LogP contribution is -2.48. The smallest absolute Gasteiger partial charge is 0.326 e. The van der Waals surface area contributed by atoms with Crippen LogP contribution in [0, 0.1) is 5.92 Å². The van der Waals surface area contributed by atoms with Crippen LogP contribution < -0.4 is 0 Å². The third-order valence-corrected chi connectivity index (χ3v) is 7.29. The summed E-state index contributed by atoms with van der Waals surface area (Å²) in [6, 6.07) is 5.04. The van der Waals surface area contributed by atoms with Gasteiger partial charge in [-0.25, -0.2) is 13.2 Å². The fourth-order valence-electron chi connectivity index (χ4n) is 3.88. The largest absolute Gasteiger partial charge is 0.480 e. The topological polar surface area (TPSA) is 95.0 Å². The van der Waals surface area contributed by atoms with E-state index in [2.05, 4.69) is 0 Å². The van der Waals surface area contributed by atoms with Gasteiger partial charge < -0.3 is 10.0 Å². The molecule has 2 saturated heterocycles. The minimum absolute atomic E-state index is 0.168. The normalized spacial score (nSPS) is 24.6. The van der Waals surface area contributed by atoms with Gasteiger partial charge >= 0.3 is 5.97 Å². The Morgan fingerprint density at radius 1 is 1.04 bits per heavy atom. The van der Waals surface area contributed by atoms with Gasteiger partial charge in [0, 0.05) is 25.2 Å². The van der Waals surface area contributed by atoms with E-state index in [1.54, 1.807) is 0 Å². The van der Waals surface area contributed by atoms with Crippen molar-refractivity contribution in [3.05, 3.63) is 29.8 Å². The number of hydrogen-bond donors (Lipinski definition) is 1. The number of carboxylic acid groups (broad SMARTS) is 1. The summed E-state index contributed by atoms with van der Waals surface area (Å²) in [5, 5.41) is 9.34. The molecule has 0 bridgehead atoms. The van der Waals surface area contributed by atoms with Crippen LogP contribution in [0.5, 0.6) is 0 Å². The van der Waals surface area contributed by atoms with Gasteiger partial charge in [-0.1, -0.05) is 6.92 Å². The summed E-state index contributed by atoms with van der Waals surface area (Å²) >= 11 is 0. The SMILES string of the molecule is CC1CCCN(S(=O)(=O)c2ccc(C(=O)N3CCCCC3C(=O)O)cc2)C1. The third-order valence-electron chi connectivity index (χ3n) is 5.41. The van der Waals surface area contributed by atoms with Crippen molar-refractivity contribution in [2.24, 2.45) is 5.92 Å². The molecule has 0 aromatic heterocycles. The average molecular weight is 394 g/mol. The van der Waals surface area contributed by atoms with Gasteiger partial charge in [0.1, 0.15) is 6.04 Å². The standard InChI is InChI=1S/C19H26N2O5S/c1-14-5-4-11-20(13-14)27(25,26)16-9-7-15(8-10-16)18(22)21-12-3-2-6-17(21)19(23)24/h7-10,14,17H,2-6,11-13H2,1H3,(H,23,24). The van der Waals surface area contributed by atoms with E-state index in [-0.39, 0.29) is 10.8 Å². The van der Waals surface area contributed by atoms with E-state index in [1.807, 2.05) is 6.92 Å². The summed E-state index contributed by atoms with van der Waals surface area (Å²) in [7, 11) is -3.57. The molecule has 148 valence electrons. The minimum atomic E-state index is -3.57. The summed E-state index contributed by atoms with van der Waals surface area (Å²) in [6.45, 7) is 3.47. The van der Waals surface area contributed by atoms with Gasteiger partial charge in [0.25, 0.3) is 5.91 Å².